The van der Waals surface area contributed by atoms with E-state index in [1.54, 1.807) is 18.7 Å². The number of carbonyl (C=O) groups is 1. The first-order valence-corrected chi connectivity index (χ1v) is 8.77. The van der Waals surface area contributed by atoms with Crippen LogP contribution >= 0.6 is 11.8 Å². The van der Waals surface area contributed by atoms with Gasteiger partial charge in [0.05, 0.1) is 11.4 Å². The van der Waals surface area contributed by atoms with E-state index in [4.69, 9.17) is 0 Å². The quantitative estimate of drug-likeness (QED) is 0.878. The molecule has 0 spiro atoms. The average molecular weight is 307 g/mol. The molecular formula is C17H25NO2S. The molecule has 1 N–H and O–H groups in total. The Morgan fingerprint density at radius 3 is 2.76 bits per heavy atom. The monoisotopic (exact) mass is 307 g/mol. The van der Waals surface area contributed by atoms with Gasteiger partial charge in [-0.25, -0.2) is 0 Å². The Hall–Kier alpha value is -1.00. The number of aliphatic hydroxyl groups excluding tert-OH is 1. The molecule has 0 unspecified atom stereocenters. The minimum atomic E-state index is -0.337. The number of nitrogens with zero attached hydrogens (tertiary/aromatic N) is 1. The van der Waals surface area contributed by atoms with Crippen molar-refractivity contribution in [3.8, 4) is 0 Å². The number of benzene rings is 1. The van der Waals surface area contributed by atoms with Crippen molar-refractivity contribution in [2.24, 2.45) is 0 Å². The molecule has 116 valence electrons. The van der Waals surface area contributed by atoms with Gasteiger partial charge in [-0.3, -0.25) is 4.79 Å². The van der Waals surface area contributed by atoms with E-state index in [0.717, 1.165) is 25.1 Å². The van der Waals surface area contributed by atoms with Crippen LogP contribution in [0.2, 0.25) is 0 Å². The predicted octanol–water partition coefficient (Wildman–Crippen LogP) is 3.07. The summed E-state index contributed by atoms with van der Waals surface area (Å²) in [6, 6.07) is 10.5. The van der Waals surface area contributed by atoms with Gasteiger partial charge in [0.25, 0.3) is 0 Å². The molecule has 0 aromatic heterocycles. The molecule has 2 rings (SSSR count). The molecule has 0 bridgehead atoms. The summed E-state index contributed by atoms with van der Waals surface area (Å²) in [5, 5.41) is 9.53. The average Bonchev–Trinajstić information content (AvgIpc) is 2.92. The lowest BCUT2D eigenvalue weighted by Crippen LogP contribution is -2.41. The van der Waals surface area contributed by atoms with Crippen LogP contribution in [-0.4, -0.2) is 39.9 Å². The highest BCUT2D eigenvalue weighted by molar-refractivity contribution is 7.99. The molecule has 1 fully saturated rings. The number of aliphatic hydroxyl groups is 1. The number of carbonyl (C=O) groups excluding carboxylic acids is 1. The minimum absolute atomic E-state index is 0.0280. The zero-order valence-electron chi connectivity index (χ0n) is 12.9. The molecule has 0 radical (unpaired) electrons. The van der Waals surface area contributed by atoms with E-state index in [1.165, 1.54) is 5.56 Å². The van der Waals surface area contributed by atoms with Crippen LogP contribution in [-0.2, 0) is 10.5 Å². The van der Waals surface area contributed by atoms with Gasteiger partial charge in [0.2, 0.25) is 5.91 Å². The zero-order chi connectivity index (χ0) is 15.2. The van der Waals surface area contributed by atoms with Crippen molar-refractivity contribution in [3.05, 3.63) is 35.9 Å². The molecule has 1 heterocycles. The van der Waals surface area contributed by atoms with Gasteiger partial charge in [0, 0.05) is 18.3 Å². The maximum absolute atomic E-state index is 12.6. The van der Waals surface area contributed by atoms with Crippen molar-refractivity contribution in [1.82, 2.24) is 4.90 Å². The van der Waals surface area contributed by atoms with Gasteiger partial charge >= 0.3 is 0 Å². The van der Waals surface area contributed by atoms with Crippen LogP contribution in [0.4, 0.5) is 0 Å². The number of thioether (sulfide) groups is 1. The first-order valence-electron chi connectivity index (χ1n) is 7.72. The Morgan fingerprint density at radius 2 is 2.10 bits per heavy atom. The molecule has 21 heavy (non-hydrogen) atoms. The first-order chi connectivity index (χ1) is 10.1. The lowest BCUT2D eigenvalue weighted by molar-refractivity contribution is -0.131. The van der Waals surface area contributed by atoms with Crippen molar-refractivity contribution >= 4 is 17.7 Å². The van der Waals surface area contributed by atoms with Crippen molar-refractivity contribution in [3.63, 3.8) is 0 Å². The SMILES string of the molecule is C[C@H](O)C[C@@H]1CCCN1C(=O)[C@H](C)SCc1ccccc1. The third-order valence-electron chi connectivity index (χ3n) is 3.96. The molecule has 3 atom stereocenters. The van der Waals surface area contributed by atoms with Crippen LogP contribution in [0, 0.1) is 0 Å². The standard InChI is InChI=1S/C17H25NO2S/c1-13(19)11-16-9-6-10-18(16)17(20)14(2)21-12-15-7-4-3-5-8-15/h3-5,7-8,13-14,16,19H,6,9-12H2,1-2H3/t13-,14-,16-/m0/s1. The second-order valence-electron chi connectivity index (χ2n) is 5.85. The maximum Gasteiger partial charge on any atom is 0.235 e. The number of hydrogen-bond acceptors (Lipinski definition) is 3. The molecule has 1 aliphatic rings. The fourth-order valence-electron chi connectivity index (χ4n) is 2.86. The first kappa shape index (κ1) is 16.4. The highest BCUT2D eigenvalue weighted by Gasteiger charge is 2.31. The van der Waals surface area contributed by atoms with E-state index in [9.17, 15) is 9.90 Å². The number of hydrogen-bond donors (Lipinski definition) is 1. The second-order valence-corrected chi connectivity index (χ2v) is 7.18. The Bertz CT molecular complexity index is 449. The van der Waals surface area contributed by atoms with E-state index in [0.29, 0.717) is 6.42 Å². The van der Waals surface area contributed by atoms with Gasteiger partial charge in [0.1, 0.15) is 0 Å². The Balaban J connectivity index is 1.86. The van der Waals surface area contributed by atoms with E-state index in [1.807, 2.05) is 30.0 Å². The molecular weight excluding hydrogens is 282 g/mol. The van der Waals surface area contributed by atoms with Crippen molar-refractivity contribution in [2.45, 2.75) is 56.3 Å². The van der Waals surface area contributed by atoms with E-state index < -0.39 is 0 Å². The third-order valence-corrected chi connectivity index (χ3v) is 5.17. The maximum atomic E-state index is 12.6. The minimum Gasteiger partial charge on any atom is -0.393 e. The highest BCUT2D eigenvalue weighted by atomic mass is 32.2. The highest BCUT2D eigenvalue weighted by Crippen LogP contribution is 2.26. The summed E-state index contributed by atoms with van der Waals surface area (Å²) in [4.78, 5) is 14.6. The number of amides is 1. The van der Waals surface area contributed by atoms with Crippen molar-refractivity contribution in [1.29, 1.82) is 0 Å². The third kappa shape index (κ3) is 4.75. The summed E-state index contributed by atoms with van der Waals surface area (Å²) in [5.41, 5.74) is 1.25. The van der Waals surface area contributed by atoms with Crippen LogP contribution in [0.25, 0.3) is 0 Å². The van der Waals surface area contributed by atoms with E-state index in [-0.39, 0.29) is 23.3 Å². The van der Waals surface area contributed by atoms with Crippen molar-refractivity contribution in [2.75, 3.05) is 6.54 Å². The van der Waals surface area contributed by atoms with Gasteiger partial charge in [-0.2, -0.15) is 0 Å². The van der Waals surface area contributed by atoms with E-state index in [2.05, 4.69) is 12.1 Å². The van der Waals surface area contributed by atoms with E-state index >= 15 is 0 Å². The molecule has 1 aromatic rings. The summed E-state index contributed by atoms with van der Waals surface area (Å²) in [6.45, 7) is 4.63. The lowest BCUT2D eigenvalue weighted by atomic mass is 10.1. The van der Waals surface area contributed by atoms with Gasteiger partial charge in [-0.15, -0.1) is 11.8 Å². The second kappa shape index (κ2) is 7.85. The molecule has 0 saturated carbocycles. The molecule has 3 nitrogen and oxygen atoms in total. The Labute approximate surface area is 131 Å². The van der Waals surface area contributed by atoms with Crippen LogP contribution in [0.3, 0.4) is 0 Å². The number of rotatable bonds is 6. The summed E-state index contributed by atoms with van der Waals surface area (Å²) >= 11 is 1.69. The van der Waals surface area contributed by atoms with Crippen LogP contribution < -0.4 is 0 Å². The topological polar surface area (TPSA) is 40.5 Å². The van der Waals surface area contributed by atoms with Crippen LogP contribution in [0.15, 0.2) is 30.3 Å². The van der Waals surface area contributed by atoms with Gasteiger partial charge in [-0.05, 0) is 38.7 Å². The largest absolute Gasteiger partial charge is 0.393 e. The fourth-order valence-corrected chi connectivity index (χ4v) is 3.78. The molecule has 0 aliphatic carbocycles. The summed E-state index contributed by atoms with van der Waals surface area (Å²) < 4.78 is 0. The van der Waals surface area contributed by atoms with Gasteiger partial charge in [0.15, 0.2) is 0 Å². The Kier molecular flexibility index (Phi) is 6.12. The lowest BCUT2D eigenvalue weighted by Gasteiger charge is -2.28. The summed E-state index contributed by atoms with van der Waals surface area (Å²) in [6.07, 6.45) is 2.43. The zero-order valence-corrected chi connectivity index (χ0v) is 13.7. The van der Waals surface area contributed by atoms with Gasteiger partial charge < -0.3 is 10.0 Å². The predicted molar refractivity (Wildman–Crippen MR) is 88.2 cm³/mol. The van der Waals surface area contributed by atoms with Crippen molar-refractivity contribution < 1.29 is 9.90 Å². The summed E-state index contributed by atoms with van der Waals surface area (Å²) in [5.74, 6) is 1.09. The molecule has 1 aliphatic heterocycles. The fraction of sp³-hybridized carbons (Fsp3) is 0.588. The Morgan fingerprint density at radius 1 is 1.38 bits per heavy atom. The van der Waals surface area contributed by atoms with Crippen LogP contribution in [0.5, 0.6) is 0 Å². The van der Waals surface area contributed by atoms with Gasteiger partial charge in [-0.1, -0.05) is 30.3 Å². The molecule has 1 aromatic carbocycles. The van der Waals surface area contributed by atoms with Crippen LogP contribution in [0.1, 0.15) is 38.7 Å². The molecule has 1 amide bonds. The normalized spacial score (nSPS) is 21.3. The summed E-state index contributed by atoms with van der Waals surface area (Å²) in [7, 11) is 0. The number of likely N-dealkylation sites (tertiary alicyclic amines) is 1. The molecule has 1 saturated heterocycles. The molecule has 4 heteroatoms. The smallest absolute Gasteiger partial charge is 0.235 e.